The fourth-order valence-corrected chi connectivity index (χ4v) is 6.45. The van der Waals surface area contributed by atoms with Crippen molar-refractivity contribution in [3.8, 4) is 11.1 Å². The van der Waals surface area contributed by atoms with Crippen molar-refractivity contribution in [3.05, 3.63) is 95.6 Å². The molecule has 1 atom stereocenters. The second kappa shape index (κ2) is 10.6. The highest BCUT2D eigenvalue weighted by atomic mass is 32.2. The quantitative estimate of drug-likeness (QED) is 0.496. The fourth-order valence-electron chi connectivity index (χ4n) is 5.82. The third kappa shape index (κ3) is 5.41. The first kappa shape index (κ1) is 25.4. The van der Waals surface area contributed by atoms with Crippen LogP contribution in [0.5, 0.6) is 0 Å². The van der Waals surface area contributed by atoms with Crippen LogP contribution < -0.4 is 5.32 Å². The van der Waals surface area contributed by atoms with Crippen LogP contribution in [0.3, 0.4) is 0 Å². The van der Waals surface area contributed by atoms with Crippen molar-refractivity contribution in [1.29, 1.82) is 0 Å². The summed E-state index contributed by atoms with van der Waals surface area (Å²) in [5.41, 5.74) is 6.61. The monoisotopic (exact) mass is 514 g/mol. The van der Waals surface area contributed by atoms with Gasteiger partial charge >= 0.3 is 0 Å². The second-order valence-corrected chi connectivity index (χ2v) is 12.3. The Morgan fingerprint density at radius 1 is 0.946 bits per heavy atom. The van der Waals surface area contributed by atoms with Gasteiger partial charge in [-0.1, -0.05) is 72.8 Å². The largest absolute Gasteiger partial charge is 0.345 e. The van der Waals surface area contributed by atoms with Crippen molar-refractivity contribution >= 4 is 22.3 Å². The van der Waals surface area contributed by atoms with E-state index in [9.17, 15) is 13.2 Å². The molecule has 2 saturated heterocycles. The molecule has 1 spiro atoms. The molecule has 0 saturated carbocycles. The SMILES string of the molecule is CS(=O)(=O)c1ccc(-c2ccccc2C2CCNC2)cc1.O=CN1CCC2(C=Cc3ccccc32)CC1. The zero-order valence-corrected chi connectivity index (χ0v) is 22.1. The molecule has 2 aliphatic heterocycles. The number of rotatable bonds is 4. The standard InChI is InChI=1S/C17H19NO2S.C14H15NO/c1-21(19,20)15-8-6-13(7-9-15)16-4-2-3-5-17(16)14-10-11-18-12-14;16-11-15-9-7-14(8-10-15)6-5-12-3-1-2-4-13(12)14/h2-9,14,18H,10-12H2,1H3;1-6,11H,7-10H2. The van der Waals surface area contributed by atoms with E-state index in [1.165, 1.54) is 28.5 Å². The van der Waals surface area contributed by atoms with Crippen molar-refractivity contribution in [1.82, 2.24) is 10.2 Å². The lowest BCUT2D eigenvalue weighted by Gasteiger charge is -2.37. The normalized spacial score (nSPS) is 19.8. The Hall–Kier alpha value is -3.22. The molecule has 3 aliphatic rings. The van der Waals surface area contributed by atoms with E-state index in [-0.39, 0.29) is 5.41 Å². The predicted octanol–water partition coefficient (Wildman–Crippen LogP) is 5.04. The van der Waals surface area contributed by atoms with Crippen LogP contribution in [0.25, 0.3) is 17.2 Å². The van der Waals surface area contributed by atoms with Crippen molar-refractivity contribution in [2.75, 3.05) is 32.4 Å². The summed E-state index contributed by atoms with van der Waals surface area (Å²) in [6.45, 7) is 3.83. The molecule has 1 N–H and O–H groups in total. The Morgan fingerprint density at radius 3 is 2.32 bits per heavy atom. The summed E-state index contributed by atoms with van der Waals surface area (Å²) in [5, 5.41) is 3.40. The lowest BCUT2D eigenvalue weighted by molar-refractivity contribution is -0.119. The number of sulfone groups is 1. The van der Waals surface area contributed by atoms with Gasteiger partial charge in [0, 0.05) is 31.3 Å². The second-order valence-electron chi connectivity index (χ2n) is 10.3. The van der Waals surface area contributed by atoms with Crippen LogP contribution >= 0.6 is 0 Å². The number of allylic oxidation sites excluding steroid dienone is 1. The molecule has 2 fully saturated rings. The number of carbonyl (C=O) groups excluding carboxylic acids is 1. The third-order valence-electron chi connectivity index (χ3n) is 7.97. The van der Waals surface area contributed by atoms with E-state index in [2.05, 4.69) is 59.9 Å². The van der Waals surface area contributed by atoms with Crippen molar-refractivity contribution in [3.63, 3.8) is 0 Å². The molecule has 1 amide bonds. The van der Waals surface area contributed by atoms with E-state index in [4.69, 9.17) is 0 Å². The number of piperidine rings is 1. The molecule has 1 aliphatic carbocycles. The van der Waals surface area contributed by atoms with E-state index in [1.54, 1.807) is 12.1 Å². The molecule has 192 valence electrons. The number of likely N-dealkylation sites (tertiary alicyclic amines) is 1. The minimum Gasteiger partial charge on any atom is -0.345 e. The van der Waals surface area contributed by atoms with Gasteiger partial charge in [0.2, 0.25) is 6.41 Å². The number of fused-ring (bicyclic) bond motifs is 2. The fraction of sp³-hybridized carbons (Fsp3) is 0.323. The van der Waals surface area contributed by atoms with Crippen LogP contribution in [0, 0.1) is 0 Å². The summed E-state index contributed by atoms with van der Waals surface area (Å²) in [7, 11) is -3.14. The van der Waals surface area contributed by atoms with E-state index in [1.807, 2.05) is 23.1 Å². The van der Waals surface area contributed by atoms with Crippen molar-refractivity contribution in [2.24, 2.45) is 0 Å². The molecular weight excluding hydrogens is 480 g/mol. The molecule has 3 aromatic carbocycles. The zero-order valence-electron chi connectivity index (χ0n) is 21.3. The molecule has 5 nitrogen and oxygen atoms in total. The molecule has 6 rings (SSSR count). The van der Waals surface area contributed by atoms with Gasteiger partial charge in [-0.15, -0.1) is 0 Å². The smallest absolute Gasteiger partial charge is 0.209 e. The summed E-state index contributed by atoms with van der Waals surface area (Å²) in [5.74, 6) is 0.538. The number of benzene rings is 3. The van der Waals surface area contributed by atoms with E-state index >= 15 is 0 Å². The van der Waals surface area contributed by atoms with Crippen LogP contribution in [0.4, 0.5) is 0 Å². The molecule has 3 aromatic rings. The number of hydrogen-bond donors (Lipinski definition) is 1. The lowest BCUT2D eigenvalue weighted by atomic mass is 9.75. The minimum atomic E-state index is -3.14. The average Bonchev–Trinajstić information content (AvgIpc) is 3.59. The summed E-state index contributed by atoms with van der Waals surface area (Å²) < 4.78 is 23.1. The van der Waals surface area contributed by atoms with Gasteiger partial charge in [0.05, 0.1) is 4.90 Å². The topological polar surface area (TPSA) is 66.5 Å². The first-order valence-corrected chi connectivity index (χ1v) is 14.9. The molecule has 1 unspecified atom stereocenters. The van der Waals surface area contributed by atoms with Gasteiger partial charge in [-0.05, 0) is 71.7 Å². The van der Waals surface area contributed by atoms with Crippen LogP contribution in [0.15, 0.2) is 83.8 Å². The maximum atomic E-state index is 11.5. The maximum absolute atomic E-state index is 11.5. The summed E-state index contributed by atoms with van der Waals surface area (Å²) in [4.78, 5) is 13.0. The highest BCUT2D eigenvalue weighted by Gasteiger charge is 2.37. The molecule has 0 radical (unpaired) electrons. The van der Waals surface area contributed by atoms with E-state index < -0.39 is 9.84 Å². The molecule has 0 bridgehead atoms. The predicted molar refractivity (Wildman–Crippen MR) is 149 cm³/mol. The highest BCUT2D eigenvalue weighted by Crippen LogP contribution is 2.43. The first-order valence-electron chi connectivity index (χ1n) is 13.0. The van der Waals surface area contributed by atoms with Crippen LogP contribution in [0.1, 0.15) is 41.9 Å². The first-order chi connectivity index (χ1) is 17.9. The number of hydrogen-bond acceptors (Lipinski definition) is 4. The lowest BCUT2D eigenvalue weighted by Crippen LogP contribution is -2.40. The summed E-state index contributed by atoms with van der Waals surface area (Å²) in [6, 6.07) is 24.2. The zero-order chi connectivity index (χ0) is 25.9. The number of nitrogens with zero attached hydrogens (tertiary/aromatic N) is 1. The van der Waals surface area contributed by atoms with Crippen molar-refractivity contribution < 1.29 is 13.2 Å². The third-order valence-corrected chi connectivity index (χ3v) is 9.10. The minimum absolute atomic E-state index is 0.204. The van der Waals surface area contributed by atoms with Gasteiger partial charge in [0.1, 0.15) is 0 Å². The van der Waals surface area contributed by atoms with Crippen LogP contribution in [0.2, 0.25) is 0 Å². The molecule has 0 aromatic heterocycles. The Balaban J connectivity index is 0.000000157. The van der Waals surface area contributed by atoms with Gasteiger partial charge in [-0.25, -0.2) is 8.42 Å². The maximum Gasteiger partial charge on any atom is 0.209 e. The molecule has 6 heteroatoms. The highest BCUT2D eigenvalue weighted by molar-refractivity contribution is 7.90. The summed E-state index contributed by atoms with van der Waals surface area (Å²) >= 11 is 0. The van der Waals surface area contributed by atoms with Gasteiger partial charge in [-0.3, -0.25) is 4.79 Å². The van der Waals surface area contributed by atoms with Crippen LogP contribution in [-0.2, 0) is 20.0 Å². The number of carbonyl (C=O) groups is 1. The Bertz CT molecular complexity index is 1380. The Labute approximate surface area is 220 Å². The van der Waals surface area contributed by atoms with Gasteiger partial charge in [0.15, 0.2) is 9.84 Å². The molecular formula is C31H34N2O3S. The van der Waals surface area contributed by atoms with Gasteiger partial charge in [0.25, 0.3) is 0 Å². The molecule has 37 heavy (non-hydrogen) atoms. The van der Waals surface area contributed by atoms with E-state index in [0.29, 0.717) is 10.8 Å². The van der Waals surface area contributed by atoms with Crippen molar-refractivity contribution in [2.45, 2.75) is 35.5 Å². The van der Waals surface area contributed by atoms with Crippen LogP contribution in [-0.4, -0.2) is 52.2 Å². The Morgan fingerprint density at radius 2 is 1.65 bits per heavy atom. The van der Waals surface area contributed by atoms with E-state index in [0.717, 1.165) is 57.4 Å². The number of nitrogens with one attached hydrogen (secondary N) is 1. The van der Waals surface area contributed by atoms with Gasteiger partial charge < -0.3 is 10.2 Å². The number of amides is 1. The Kier molecular flexibility index (Phi) is 7.31. The van der Waals surface area contributed by atoms with Gasteiger partial charge in [-0.2, -0.15) is 0 Å². The summed E-state index contributed by atoms with van der Waals surface area (Å²) in [6.07, 6.45) is 10.0. The molecule has 2 heterocycles. The average molecular weight is 515 g/mol.